The third-order valence-electron chi connectivity index (χ3n) is 6.13. The van der Waals surface area contributed by atoms with Gasteiger partial charge in [-0.2, -0.15) is 0 Å². The maximum atomic E-state index is 13.2. The molecule has 0 saturated carbocycles. The van der Waals surface area contributed by atoms with Crippen LogP contribution < -0.4 is 10.6 Å². The first-order chi connectivity index (χ1) is 14.0. The molecule has 0 bridgehead atoms. The fraction of sp³-hybridized carbons (Fsp3) is 0.500. The van der Waals surface area contributed by atoms with Gasteiger partial charge in [-0.05, 0) is 18.1 Å². The molecule has 1 unspecified atom stereocenters. The first-order valence-electron chi connectivity index (χ1n) is 9.94. The molecule has 1 aromatic carbocycles. The van der Waals surface area contributed by atoms with Crippen molar-refractivity contribution >= 4 is 23.6 Å². The SMILES string of the molecule is O=C1CCC(N2C(=O)c3cccc(CN4C[C@@H]5NCCO[C@@H]5C4)c3C2=O)C(=O)N1. The molecule has 3 fully saturated rings. The fourth-order valence-electron chi connectivity index (χ4n) is 4.76. The number of nitrogens with zero attached hydrogens (tertiary/aromatic N) is 2. The number of amides is 4. The molecule has 0 spiro atoms. The zero-order valence-electron chi connectivity index (χ0n) is 15.8. The van der Waals surface area contributed by atoms with E-state index in [0.717, 1.165) is 30.1 Å². The average Bonchev–Trinajstić information content (AvgIpc) is 3.22. The number of imide groups is 2. The van der Waals surface area contributed by atoms with Crippen LogP contribution in [0.3, 0.4) is 0 Å². The van der Waals surface area contributed by atoms with Crippen molar-refractivity contribution in [3.63, 3.8) is 0 Å². The molecule has 5 rings (SSSR count). The van der Waals surface area contributed by atoms with Gasteiger partial charge in [0.1, 0.15) is 6.04 Å². The second-order valence-corrected chi connectivity index (χ2v) is 7.95. The van der Waals surface area contributed by atoms with Crippen LogP contribution in [0.5, 0.6) is 0 Å². The summed E-state index contributed by atoms with van der Waals surface area (Å²) in [4.78, 5) is 53.0. The van der Waals surface area contributed by atoms with Gasteiger partial charge in [0.2, 0.25) is 11.8 Å². The van der Waals surface area contributed by atoms with Crippen LogP contribution in [0.1, 0.15) is 39.1 Å². The highest BCUT2D eigenvalue weighted by atomic mass is 16.5. The number of benzene rings is 1. The summed E-state index contributed by atoms with van der Waals surface area (Å²) in [6, 6.07) is 4.58. The normalized spacial score (nSPS) is 29.8. The lowest BCUT2D eigenvalue weighted by Crippen LogP contribution is -2.54. The molecule has 4 aliphatic rings. The lowest BCUT2D eigenvalue weighted by molar-refractivity contribution is -0.136. The van der Waals surface area contributed by atoms with Crippen molar-refractivity contribution in [2.45, 2.75) is 37.6 Å². The van der Waals surface area contributed by atoms with Gasteiger partial charge in [-0.25, -0.2) is 0 Å². The lowest BCUT2D eigenvalue weighted by atomic mass is 10.0. The average molecular weight is 398 g/mol. The quantitative estimate of drug-likeness (QED) is 0.646. The molecule has 1 aromatic rings. The van der Waals surface area contributed by atoms with Crippen LogP contribution in [0.2, 0.25) is 0 Å². The number of likely N-dealkylation sites (tertiary alicyclic amines) is 1. The predicted molar refractivity (Wildman–Crippen MR) is 99.9 cm³/mol. The molecule has 29 heavy (non-hydrogen) atoms. The topological polar surface area (TPSA) is 108 Å². The largest absolute Gasteiger partial charge is 0.374 e. The van der Waals surface area contributed by atoms with Crippen LogP contribution in [0, 0.1) is 0 Å². The van der Waals surface area contributed by atoms with E-state index in [4.69, 9.17) is 4.74 Å². The Hall–Kier alpha value is -2.62. The Morgan fingerprint density at radius 2 is 1.97 bits per heavy atom. The van der Waals surface area contributed by atoms with Gasteiger partial charge in [-0.3, -0.25) is 34.3 Å². The van der Waals surface area contributed by atoms with Crippen LogP contribution in [0.25, 0.3) is 0 Å². The number of hydrogen-bond acceptors (Lipinski definition) is 7. The first-order valence-corrected chi connectivity index (χ1v) is 9.94. The van der Waals surface area contributed by atoms with Crippen molar-refractivity contribution in [1.82, 2.24) is 20.4 Å². The molecule has 4 amide bonds. The van der Waals surface area contributed by atoms with E-state index < -0.39 is 23.8 Å². The van der Waals surface area contributed by atoms with Gasteiger partial charge in [-0.1, -0.05) is 12.1 Å². The maximum absolute atomic E-state index is 13.2. The van der Waals surface area contributed by atoms with Crippen LogP contribution >= 0.6 is 0 Å². The first kappa shape index (κ1) is 18.4. The number of ether oxygens (including phenoxy) is 1. The van der Waals surface area contributed by atoms with Crippen molar-refractivity contribution < 1.29 is 23.9 Å². The summed E-state index contributed by atoms with van der Waals surface area (Å²) in [6.45, 7) is 3.64. The predicted octanol–water partition coefficient (Wildman–Crippen LogP) is -0.740. The number of fused-ring (bicyclic) bond motifs is 2. The van der Waals surface area contributed by atoms with Gasteiger partial charge in [-0.15, -0.1) is 0 Å². The molecule has 4 heterocycles. The van der Waals surface area contributed by atoms with Gasteiger partial charge in [0, 0.05) is 38.6 Å². The highest BCUT2D eigenvalue weighted by Crippen LogP contribution is 2.31. The fourth-order valence-corrected chi connectivity index (χ4v) is 4.76. The monoisotopic (exact) mass is 398 g/mol. The van der Waals surface area contributed by atoms with Crippen LogP contribution in [-0.4, -0.2) is 77.9 Å². The minimum atomic E-state index is -0.944. The van der Waals surface area contributed by atoms with Crippen LogP contribution in [0.4, 0.5) is 0 Å². The molecule has 9 nitrogen and oxygen atoms in total. The highest BCUT2D eigenvalue weighted by Gasteiger charge is 2.46. The van der Waals surface area contributed by atoms with Crippen molar-refractivity contribution in [2.24, 2.45) is 0 Å². The van der Waals surface area contributed by atoms with Gasteiger partial charge < -0.3 is 10.1 Å². The van der Waals surface area contributed by atoms with E-state index in [2.05, 4.69) is 15.5 Å². The summed E-state index contributed by atoms with van der Waals surface area (Å²) in [6.07, 6.45) is 0.405. The van der Waals surface area contributed by atoms with Gasteiger partial charge in [0.05, 0.1) is 23.8 Å². The Morgan fingerprint density at radius 1 is 1.10 bits per heavy atom. The second kappa shape index (κ2) is 7.01. The summed E-state index contributed by atoms with van der Waals surface area (Å²) in [5, 5.41) is 5.68. The Balaban J connectivity index is 1.39. The zero-order valence-corrected chi connectivity index (χ0v) is 15.8. The van der Waals surface area contributed by atoms with E-state index in [0.29, 0.717) is 24.3 Å². The third kappa shape index (κ3) is 3.06. The van der Waals surface area contributed by atoms with Crippen molar-refractivity contribution in [3.8, 4) is 0 Å². The van der Waals surface area contributed by atoms with Crippen molar-refractivity contribution in [3.05, 3.63) is 34.9 Å². The van der Waals surface area contributed by atoms with E-state index >= 15 is 0 Å². The van der Waals surface area contributed by atoms with E-state index in [1.807, 2.05) is 6.07 Å². The second-order valence-electron chi connectivity index (χ2n) is 7.95. The minimum absolute atomic E-state index is 0.111. The summed E-state index contributed by atoms with van der Waals surface area (Å²) < 4.78 is 5.81. The van der Waals surface area contributed by atoms with Crippen molar-refractivity contribution in [1.29, 1.82) is 0 Å². The number of hydrogen-bond donors (Lipinski definition) is 2. The number of nitrogens with one attached hydrogen (secondary N) is 2. The summed E-state index contributed by atoms with van der Waals surface area (Å²) in [7, 11) is 0. The molecule has 3 atom stereocenters. The van der Waals surface area contributed by atoms with E-state index in [1.54, 1.807) is 12.1 Å². The molecular weight excluding hydrogens is 376 g/mol. The minimum Gasteiger partial charge on any atom is -0.374 e. The number of carbonyl (C=O) groups excluding carboxylic acids is 4. The summed E-state index contributed by atoms with van der Waals surface area (Å²) >= 11 is 0. The van der Waals surface area contributed by atoms with E-state index in [1.165, 1.54) is 0 Å². The highest BCUT2D eigenvalue weighted by molar-refractivity contribution is 6.24. The molecule has 152 valence electrons. The molecule has 9 heteroatoms. The third-order valence-corrected chi connectivity index (χ3v) is 6.13. The molecule has 0 radical (unpaired) electrons. The molecule has 0 aromatic heterocycles. The molecule has 0 aliphatic carbocycles. The van der Waals surface area contributed by atoms with Gasteiger partial charge in [0.25, 0.3) is 11.8 Å². The smallest absolute Gasteiger partial charge is 0.262 e. The summed E-state index contributed by atoms with van der Waals surface area (Å²) in [5.74, 6) is -1.90. The van der Waals surface area contributed by atoms with E-state index in [-0.39, 0.29) is 30.9 Å². The van der Waals surface area contributed by atoms with E-state index in [9.17, 15) is 19.2 Å². The molecule has 2 N–H and O–H groups in total. The van der Waals surface area contributed by atoms with Crippen molar-refractivity contribution in [2.75, 3.05) is 26.2 Å². The Bertz CT molecular complexity index is 902. The van der Waals surface area contributed by atoms with Gasteiger partial charge >= 0.3 is 0 Å². The zero-order chi connectivity index (χ0) is 20.1. The molecule has 3 saturated heterocycles. The van der Waals surface area contributed by atoms with Gasteiger partial charge in [0.15, 0.2) is 0 Å². The lowest BCUT2D eigenvalue weighted by Gasteiger charge is -2.28. The number of rotatable bonds is 3. The van der Waals surface area contributed by atoms with Crippen LogP contribution in [0.15, 0.2) is 18.2 Å². The summed E-state index contributed by atoms with van der Waals surface area (Å²) in [5.41, 5.74) is 1.46. The Labute approximate surface area is 167 Å². The Morgan fingerprint density at radius 3 is 2.76 bits per heavy atom. The standard InChI is InChI=1S/C20H22N4O5/c25-16-5-4-14(18(26)22-16)24-19(27)12-3-1-2-11(17(12)20(24)28)8-23-9-13-15(10-23)29-7-6-21-13/h1-3,13-15,21H,4-10H2,(H,22,25,26)/t13-,14?,15+/m0/s1. The maximum Gasteiger partial charge on any atom is 0.262 e. The number of piperidine rings is 1. The van der Waals surface area contributed by atoms with Crippen LogP contribution in [-0.2, 0) is 20.9 Å². The molecular formula is C20H22N4O5. The number of carbonyl (C=O) groups is 4. The Kier molecular flexibility index (Phi) is 4.45. The number of morpholine rings is 1. The molecule has 4 aliphatic heterocycles.